The van der Waals surface area contributed by atoms with Gasteiger partial charge in [-0.15, -0.1) is 0 Å². The third-order valence-electron chi connectivity index (χ3n) is 5.45. The summed E-state index contributed by atoms with van der Waals surface area (Å²) in [6.45, 7) is 6.64. The first-order valence-corrected chi connectivity index (χ1v) is 10.8. The number of rotatable bonds is 9. The SMILES string of the molecule is CCCCc1ccc(NC(=O)c2ccc(OC)c(COc3ccc(C)c(C)c3)c2)cc1. The molecule has 3 aromatic carbocycles. The second-order valence-corrected chi connectivity index (χ2v) is 7.82. The van der Waals surface area contributed by atoms with E-state index in [4.69, 9.17) is 9.47 Å². The van der Waals surface area contributed by atoms with Gasteiger partial charge in [0.2, 0.25) is 0 Å². The third kappa shape index (κ3) is 6.11. The van der Waals surface area contributed by atoms with Crippen molar-refractivity contribution in [2.45, 2.75) is 46.6 Å². The maximum atomic E-state index is 12.8. The lowest BCUT2D eigenvalue weighted by atomic mass is 10.1. The molecule has 3 rings (SSSR count). The van der Waals surface area contributed by atoms with Crippen molar-refractivity contribution in [1.82, 2.24) is 0 Å². The van der Waals surface area contributed by atoms with Crippen molar-refractivity contribution in [2.24, 2.45) is 0 Å². The zero-order chi connectivity index (χ0) is 22.2. The molecule has 0 spiro atoms. The quantitative estimate of drug-likeness (QED) is 0.433. The van der Waals surface area contributed by atoms with Gasteiger partial charge in [-0.05, 0) is 85.8 Å². The van der Waals surface area contributed by atoms with E-state index in [9.17, 15) is 4.79 Å². The molecule has 0 saturated carbocycles. The number of amides is 1. The normalized spacial score (nSPS) is 10.6. The number of nitrogens with one attached hydrogen (secondary N) is 1. The summed E-state index contributed by atoms with van der Waals surface area (Å²) in [7, 11) is 1.62. The van der Waals surface area contributed by atoms with Crippen LogP contribution in [0.4, 0.5) is 5.69 Å². The number of hydrogen-bond donors (Lipinski definition) is 1. The minimum absolute atomic E-state index is 0.156. The highest BCUT2D eigenvalue weighted by molar-refractivity contribution is 6.04. The Morgan fingerprint density at radius 1 is 0.935 bits per heavy atom. The van der Waals surface area contributed by atoms with Gasteiger partial charge in [-0.3, -0.25) is 4.79 Å². The lowest BCUT2D eigenvalue weighted by Crippen LogP contribution is -2.13. The van der Waals surface area contributed by atoms with E-state index in [1.165, 1.54) is 29.5 Å². The molecule has 0 saturated heterocycles. The number of methoxy groups -OCH3 is 1. The molecule has 0 heterocycles. The van der Waals surface area contributed by atoms with Gasteiger partial charge < -0.3 is 14.8 Å². The molecule has 4 nitrogen and oxygen atoms in total. The standard InChI is InChI=1S/C27H31NO3/c1-5-6-7-21-9-12-24(13-10-21)28-27(29)22-11-15-26(30-4)23(17-22)18-31-25-14-8-19(2)20(3)16-25/h8-17H,5-7,18H2,1-4H3,(H,28,29). The first-order valence-electron chi connectivity index (χ1n) is 10.8. The fourth-order valence-corrected chi connectivity index (χ4v) is 3.34. The van der Waals surface area contributed by atoms with Crippen molar-refractivity contribution >= 4 is 11.6 Å². The minimum Gasteiger partial charge on any atom is -0.496 e. The van der Waals surface area contributed by atoms with Crippen LogP contribution in [0, 0.1) is 13.8 Å². The highest BCUT2D eigenvalue weighted by atomic mass is 16.5. The van der Waals surface area contributed by atoms with Gasteiger partial charge in [-0.1, -0.05) is 31.5 Å². The molecule has 0 radical (unpaired) electrons. The number of carbonyl (C=O) groups is 1. The average Bonchev–Trinajstić information content (AvgIpc) is 2.79. The van der Waals surface area contributed by atoms with E-state index in [0.29, 0.717) is 17.9 Å². The van der Waals surface area contributed by atoms with Crippen molar-refractivity contribution < 1.29 is 14.3 Å². The van der Waals surface area contributed by atoms with Crippen LogP contribution in [-0.4, -0.2) is 13.0 Å². The Balaban J connectivity index is 1.69. The summed E-state index contributed by atoms with van der Waals surface area (Å²) >= 11 is 0. The summed E-state index contributed by atoms with van der Waals surface area (Å²) in [4.78, 5) is 12.8. The van der Waals surface area contributed by atoms with Gasteiger partial charge in [0.05, 0.1) is 7.11 Å². The predicted molar refractivity (Wildman–Crippen MR) is 126 cm³/mol. The topological polar surface area (TPSA) is 47.6 Å². The van der Waals surface area contributed by atoms with Gasteiger partial charge in [0, 0.05) is 16.8 Å². The van der Waals surface area contributed by atoms with Gasteiger partial charge in [0.1, 0.15) is 18.1 Å². The molecule has 0 aliphatic rings. The lowest BCUT2D eigenvalue weighted by molar-refractivity contribution is 0.102. The van der Waals surface area contributed by atoms with E-state index in [1.807, 2.05) is 42.5 Å². The van der Waals surface area contributed by atoms with Gasteiger partial charge in [0.25, 0.3) is 5.91 Å². The molecule has 1 N–H and O–H groups in total. The van der Waals surface area contributed by atoms with Crippen LogP contribution in [0.2, 0.25) is 0 Å². The molecule has 0 unspecified atom stereocenters. The molecule has 0 bridgehead atoms. The largest absolute Gasteiger partial charge is 0.496 e. The molecule has 31 heavy (non-hydrogen) atoms. The van der Waals surface area contributed by atoms with Crippen LogP contribution in [0.5, 0.6) is 11.5 Å². The van der Waals surface area contributed by atoms with Gasteiger partial charge in [-0.2, -0.15) is 0 Å². The van der Waals surface area contributed by atoms with Crippen LogP contribution in [0.15, 0.2) is 60.7 Å². The maximum Gasteiger partial charge on any atom is 0.255 e. The van der Waals surface area contributed by atoms with Crippen molar-refractivity contribution in [3.63, 3.8) is 0 Å². The molecule has 0 aliphatic carbocycles. The first-order chi connectivity index (χ1) is 15.0. The summed E-state index contributed by atoms with van der Waals surface area (Å²) in [5.41, 5.74) is 5.86. The molecule has 0 aromatic heterocycles. The third-order valence-corrected chi connectivity index (χ3v) is 5.45. The predicted octanol–water partition coefficient (Wildman–Crippen LogP) is 6.49. The molecular formula is C27H31NO3. The van der Waals surface area contributed by atoms with Crippen LogP contribution < -0.4 is 14.8 Å². The molecule has 3 aromatic rings. The Bertz CT molecular complexity index is 1030. The molecule has 4 heteroatoms. The second kappa shape index (κ2) is 10.7. The van der Waals surface area contributed by atoms with Crippen molar-refractivity contribution in [2.75, 3.05) is 12.4 Å². The fraction of sp³-hybridized carbons (Fsp3) is 0.296. The zero-order valence-electron chi connectivity index (χ0n) is 18.8. The number of aryl methyl sites for hydroxylation is 3. The van der Waals surface area contributed by atoms with E-state index in [1.54, 1.807) is 13.2 Å². The Morgan fingerprint density at radius 3 is 2.39 bits per heavy atom. The van der Waals surface area contributed by atoms with Crippen LogP contribution in [0.1, 0.15) is 52.4 Å². The number of unbranched alkanes of at least 4 members (excludes halogenated alkanes) is 1. The summed E-state index contributed by atoms with van der Waals surface area (Å²) < 4.78 is 11.4. The van der Waals surface area contributed by atoms with Crippen molar-refractivity contribution in [1.29, 1.82) is 0 Å². The molecular weight excluding hydrogens is 386 g/mol. The Labute approximate surface area is 185 Å². The smallest absolute Gasteiger partial charge is 0.255 e. The monoisotopic (exact) mass is 417 g/mol. The number of carbonyl (C=O) groups excluding carboxylic acids is 1. The van der Waals surface area contributed by atoms with Crippen LogP contribution in [-0.2, 0) is 13.0 Å². The van der Waals surface area contributed by atoms with Gasteiger partial charge in [-0.25, -0.2) is 0 Å². The Hall–Kier alpha value is -3.27. The number of benzene rings is 3. The molecule has 0 fully saturated rings. The van der Waals surface area contributed by atoms with Crippen LogP contribution in [0.3, 0.4) is 0 Å². The minimum atomic E-state index is -0.156. The van der Waals surface area contributed by atoms with Gasteiger partial charge >= 0.3 is 0 Å². The van der Waals surface area contributed by atoms with E-state index in [0.717, 1.165) is 23.4 Å². The fourth-order valence-electron chi connectivity index (χ4n) is 3.34. The van der Waals surface area contributed by atoms with E-state index in [2.05, 4.69) is 38.2 Å². The van der Waals surface area contributed by atoms with Crippen molar-refractivity contribution in [3.8, 4) is 11.5 Å². The Morgan fingerprint density at radius 2 is 1.71 bits per heavy atom. The highest BCUT2D eigenvalue weighted by Gasteiger charge is 2.12. The molecule has 0 aliphatic heterocycles. The number of hydrogen-bond acceptors (Lipinski definition) is 3. The van der Waals surface area contributed by atoms with Gasteiger partial charge in [0.15, 0.2) is 0 Å². The van der Waals surface area contributed by atoms with Crippen molar-refractivity contribution in [3.05, 3.63) is 88.5 Å². The summed E-state index contributed by atoms with van der Waals surface area (Å²) in [6.07, 6.45) is 3.41. The maximum absolute atomic E-state index is 12.8. The van der Waals surface area contributed by atoms with E-state index >= 15 is 0 Å². The summed E-state index contributed by atoms with van der Waals surface area (Å²) in [6, 6.07) is 19.5. The van der Waals surface area contributed by atoms with E-state index < -0.39 is 0 Å². The molecule has 0 atom stereocenters. The summed E-state index contributed by atoms with van der Waals surface area (Å²) in [5.74, 6) is 1.33. The zero-order valence-corrected chi connectivity index (χ0v) is 18.8. The number of ether oxygens (including phenoxy) is 2. The Kier molecular flexibility index (Phi) is 7.71. The average molecular weight is 418 g/mol. The second-order valence-electron chi connectivity index (χ2n) is 7.82. The number of anilines is 1. The lowest BCUT2D eigenvalue weighted by Gasteiger charge is -2.13. The first kappa shape index (κ1) is 22.4. The van der Waals surface area contributed by atoms with Crippen LogP contribution in [0.25, 0.3) is 0 Å². The molecule has 1 amide bonds. The highest BCUT2D eigenvalue weighted by Crippen LogP contribution is 2.24. The summed E-state index contributed by atoms with van der Waals surface area (Å²) in [5, 5.41) is 2.97. The van der Waals surface area contributed by atoms with E-state index in [-0.39, 0.29) is 5.91 Å². The molecule has 162 valence electrons. The van der Waals surface area contributed by atoms with Crippen LogP contribution >= 0.6 is 0 Å².